The van der Waals surface area contributed by atoms with Gasteiger partial charge in [-0.15, -0.1) is 0 Å². The van der Waals surface area contributed by atoms with Gasteiger partial charge < -0.3 is 5.32 Å². The zero-order valence-electron chi connectivity index (χ0n) is 14.5. The molecule has 2 aromatic heterocycles. The van der Waals surface area contributed by atoms with Crippen molar-refractivity contribution in [2.45, 2.75) is 70.4 Å². The average Bonchev–Trinajstić information content (AvgIpc) is 2.64. The lowest BCUT2D eigenvalue weighted by Crippen LogP contribution is -2.39. The van der Waals surface area contributed by atoms with Gasteiger partial charge in [0.25, 0.3) is 5.56 Å². The van der Waals surface area contributed by atoms with E-state index in [-0.39, 0.29) is 24.1 Å². The molecule has 0 spiro atoms. The van der Waals surface area contributed by atoms with Gasteiger partial charge in [0.15, 0.2) is 5.65 Å². The van der Waals surface area contributed by atoms with Crippen LogP contribution in [0.15, 0.2) is 17.2 Å². The Hall–Kier alpha value is -2.24. The molecule has 0 unspecified atom stereocenters. The number of amides is 1. The van der Waals surface area contributed by atoms with Gasteiger partial charge in [-0.1, -0.05) is 19.3 Å². The van der Waals surface area contributed by atoms with E-state index in [9.17, 15) is 9.59 Å². The number of rotatable bonds is 3. The third kappa shape index (κ3) is 3.43. The minimum atomic E-state index is -0.176. The Morgan fingerprint density at radius 2 is 1.96 bits per heavy atom. The number of hydrogen-bond donors (Lipinski definition) is 1. The predicted molar refractivity (Wildman–Crippen MR) is 95.5 cm³/mol. The van der Waals surface area contributed by atoms with Crippen LogP contribution in [0.5, 0.6) is 0 Å². The number of fused-ring (bicyclic) bond motifs is 2. The highest BCUT2D eigenvalue weighted by Crippen LogP contribution is 2.21. The van der Waals surface area contributed by atoms with E-state index in [1.807, 2.05) is 6.07 Å². The second kappa shape index (κ2) is 6.94. The van der Waals surface area contributed by atoms with E-state index in [1.165, 1.54) is 30.2 Å². The topological polar surface area (TPSA) is 76.9 Å². The fourth-order valence-electron chi connectivity index (χ4n) is 4.00. The molecule has 132 valence electrons. The van der Waals surface area contributed by atoms with Gasteiger partial charge in [-0.2, -0.15) is 0 Å². The first-order valence-corrected chi connectivity index (χ1v) is 9.38. The lowest BCUT2D eigenvalue weighted by molar-refractivity contribution is -0.122. The lowest BCUT2D eigenvalue weighted by atomic mass is 9.95. The van der Waals surface area contributed by atoms with E-state index in [1.54, 1.807) is 0 Å². The quantitative estimate of drug-likeness (QED) is 0.928. The van der Waals surface area contributed by atoms with Crippen molar-refractivity contribution in [3.8, 4) is 0 Å². The van der Waals surface area contributed by atoms with Crippen LogP contribution < -0.4 is 10.9 Å². The summed E-state index contributed by atoms with van der Waals surface area (Å²) in [6.45, 7) is 0.0232. The molecule has 0 radical (unpaired) electrons. The zero-order valence-corrected chi connectivity index (χ0v) is 14.5. The molecule has 25 heavy (non-hydrogen) atoms. The molecule has 1 fully saturated rings. The van der Waals surface area contributed by atoms with E-state index in [2.05, 4.69) is 15.3 Å². The number of hydrogen-bond acceptors (Lipinski definition) is 4. The SMILES string of the molecule is O=C(Cn1cnc2nc3c(cc2c1=O)CCCC3)NC1CCCCC1. The fraction of sp³-hybridized carbons (Fsp3) is 0.579. The third-order valence-corrected chi connectivity index (χ3v) is 5.38. The lowest BCUT2D eigenvalue weighted by Gasteiger charge is -2.22. The molecule has 0 atom stereocenters. The maximum absolute atomic E-state index is 12.7. The van der Waals surface area contributed by atoms with E-state index in [4.69, 9.17) is 0 Å². The molecule has 2 aliphatic rings. The maximum atomic E-state index is 12.7. The smallest absolute Gasteiger partial charge is 0.263 e. The molecule has 1 N–H and O–H groups in total. The predicted octanol–water partition coefficient (Wildman–Crippen LogP) is 2.12. The van der Waals surface area contributed by atoms with E-state index in [0.717, 1.165) is 49.8 Å². The van der Waals surface area contributed by atoms with Crippen LogP contribution in [0.25, 0.3) is 11.0 Å². The summed E-state index contributed by atoms with van der Waals surface area (Å²) in [5.74, 6) is -0.110. The van der Waals surface area contributed by atoms with Gasteiger partial charge >= 0.3 is 0 Å². The van der Waals surface area contributed by atoms with Crippen LogP contribution >= 0.6 is 0 Å². The van der Waals surface area contributed by atoms with Gasteiger partial charge in [0.2, 0.25) is 5.91 Å². The van der Waals surface area contributed by atoms with Crippen LogP contribution in [0.1, 0.15) is 56.2 Å². The number of aromatic nitrogens is 3. The zero-order chi connectivity index (χ0) is 17.2. The number of carbonyl (C=O) groups is 1. The molecule has 2 aromatic rings. The first kappa shape index (κ1) is 16.2. The molecular weight excluding hydrogens is 316 g/mol. The molecule has 0 bridgehead atoms. The van der Waals surface area contributed by atoms with Crippen molar-refractivity contribution in [2.75, 3.05) is 0 Å². The molecule has 2 heterocycles. The van der Waals surface area contributed by atoms with Crippen LogP contribution in [0.4, 0.5) is 0 Å². The van der Waals surface area contributed by atoms with Gasteiger partial charge in [-0.3, -0.25) is 14.2 Å². The summed E-state index contributed by atoms with van der Waals surface area (Å²) < 4.78 is 1.40. The average molecular weight is 340 g/mol. The van der Waals surface area contributed by atoms with Crippen LogP contribution in [-0.2, 0) is 24.2 Å². The summed E-state index contributed by atoms with van der Waals surface area (Å²) in [5, 5.41) is 3.57. The Bertz CT molecular complexity index is 852. The normalized spacial score (nSPS) is 18.1. The first-order chi connectivity index (χ1) is 12.2. The number of aryl methyl sites for hydroxylation is 2. The van der Waals surface area contributed by atoms with Crippen molar-refractivity contribution in [3.05, 3.63) is 34.0 Å². The fourth-order valence-corrected chi connectivity index (χ4v) is 4.00. The van der Waals surface area contributed by atoms with Gasteiger partial charge in [0.05, 0.1) is 5.39 Å². The molecule has 4 rings (SSSR count). The van der Waals surface area contributed by atoms with E-state index < -0.39 is 0 Å². The monoisotopic (exact) mass is 340 g/mol. The summed E-state index contributed by atoms with van der Waals surface area (Å²) in [6.07, 6.45) is 11.3. The molecular formula is C19H24N4O2. The third-order valence-electron chi connectivity index (χ3n) is 5.38. The summed E-state index contributed by atoms with van der Waals surface area (Å²) >= 11 is 0. The van der Waals surface area contributed by atoms with Crippen molar-refractivity contribution in [1.29, 1.82) is 0 Å². The van der Waals surface area contributed by atoms with E-state index in [0.29, 0.717) is 11.0 Å². The molecule has 2 aliphatic carbocycles. The molecule has 0 saturated heterocycles. The van der Waals surface area contributed by atoms with Crippen LogP contribution in [-0.4, -0.2) is 26.5 Å². The van der Waals surface area contributed by atoms with Crippen LogP contribution in [0.2, 0.25) is 0 Å². The molecule has 6 nitrogen and oxygen atoms in total. The van der Waals surface area contributed by atoms with Crippen molar-refractivity contribution >= 4 is 16.9 Å². The van der Waals surface area contributed by atoms with Crippen molar-refractivity contribution in [2.24, 2.45) is 0 Å². The van der Waals surface area contributed by atoms with Crippen molar-refractivity contribution < 1.29 is 4.79 Å². The summed E-state index contributed by atoms with van der Waals surface area (Å²) in [4.78, 5) is 33.9. The Kier molecular flexibility index (Phi) is 4.51. The number of nitrogens with zero attached hydrogens (tertiary/aromatic N) is 3. The highest BCUT2D eigenvalue weighted by Gasteiger charge is 2.18. The Morgan fingerprint density at radius 1 is 1.16 bits per heavy atom. The molecule has 0 aromatic carbocycles. The van der Waals surface area contributed by atoms with Crippen LogP contribution in [0, 0.1) is 0 Å². The van der Waals surface area contributed by atoms with Gasteiger partial charge in [0, 0.05) is 11.7 Å². The summed E-state index contributed by atoms with van der Waals surface area (Å²) in [6, 6.07) is 2.18. The van der Waals surface area contributed by atoms with Crippen molar-refractivity contribution in [3.63, 3.8) is 0 Å². The van der Waals surface area contributed by atoms with Gasteiger partial charge in [0.1, 0.15) is 12.9 Å². The largest absolute Gasteiger partial charge is 0.352 e. The highest BCUT2D eigenvalue weighted by molar-refractivity contribution is 5.78. The Labute approximate surface area is 146 Å². The molecule has 1 saturated carbocycles. The minimum absolute atomic E-state index is 0.0232. The number of pyridine rings is 1. The molecule has 0 aliphatic heterocycles. The maximum Gasteiger partial charge on any atom is 0.263 e. The Morgan fingerprint density at radius 3 is 2.80 bits per heavy atom. The number of nitrogens with one attached hydrogen (secondary N) is 1. The summed E-state index contributed by atoms with van der Waals surface area (Å²) in [5.41, 5.74) is 2.54. The second-order valence-corrected chi connectivity index (χ2v) is 7.25. The Balaban J connectivity index is 1.56. The van der Waals surface area contributed by atoms with Crippen molar-refractivity contribution in [1.82, 2.24) is 19.9 Å². The van der Waals surface area contributed by atoms with E-state index >= 15 is 0 Å². The standard InChI is InChI=1S/C19H24N4O2/c24-17(21-14-7-2-1-3-8-14)11-23-12-20-18-15(19(23)25)10-13-6-4-5-9-16(13)22-18/h10,12,14H,1-9,11H2,(H,21,24). The summed E-state index contributed by atoms with van der Waals surface area (Å²) in [7, 11) is 0. The molecule has 1 amide bonds. The van der Waals surface area contributed by atoms with Gasteiger partial charge in [-0.25, -0.2) is 9.97 Å². The van der Waals surface area contributed by atoms with Gasteiger partial charge in [-0.05, 0) is 50.2 Å². The first-order valence-electron chi connectivity index (χ1n) is 9.38. The molecule has 6 heteroatoms. The highest BCUT2D eigenvalue weighted by atomic mass is 16.2. The van der Waals surface area contributed by atoms with Crippen LogP contribution in [0.3, 0.4) is 0 Å². The number of carbonyl (C=O) groups excluding carboxylic acids is 1. The minimum Gasteiger partial charge on any atom is -0.352 e. The second-order valence-electron chi connectivity index (χ2n) is 7.25.